The monoisotopic (exact) mass is 372 g/mol. The maximum atomic E-state index is 12.5. The summed E-state index contributed by atoms with van der Waals surface area (Å²) >= 11 is 0. The van der Waals surface area contributed by atoms with Gasteiger partial charge < -0.3 is 20.3 Å². The number of urea groups is 1. The molecule has 2 aliphatic heterocycles. The van der Waals surface area contributed by atoms with Gasteiger partial charge in [-0.2, -0.15) is 0 Å². The van der Waals surface area contributed by atoms with Crippen LogP contribution in [0.1, 0.15) is 18.5 Å². The second-order valence-electron chi connectivity index (χ2n) is 6.61. The molecular weight excluding hydrogens is 348 g/mol. The van der Waals surface area contributed by atoms with Gasteiger partial charge in [-0.15, -0.1) is 0 Å². The Kier molecular flexibility index (Phi) is 5.75. The molecule has 0 saturated carbocycles. The van der Waals surface area contributed by atoms with Gasteiger partial charge in [0.05, 0.1) is 18.7 Å². The highest BCUT2D eigenvalue weighted by Crippen LogP contribution is 2.28. The van der Waals surface area contributed by atoms with Crippen molar-refractivity contribution < 1.29 is 19.1 Å². The molecule has 27 heavy (non-hydrogen) atoms. The van der Waals surface area contributed by atoms with Gasteiger partial charge >= 0.3 is 12.0 Å². The van der Waals surface area contributed by atoms with E-state index in [4.69, 9.17) is 4.74 Å². The lowest BCUT2D eigenvalue weighted by atomic mass is 9.95. The Morgan fingerprint density at radius 2 is 1.81 bits per heavy atom. The van der Waals surface area contributed by atoms with Gasteiger partial charge in [0.1, 0.15) is 0 Å². The van der Waals surface area contributed by atoms with Crippen LogP contribution >= 0.6 is 0 Å². The summed E-state index contributed by atoms with van der Waals surface area (Å²) in [6.07, 6.45) is 0. The molecule has 1 saturated heterocycles. The Hall–Kier alpha value is -2.87. The molecule has 3 amide bonds. The summed E-state index contributed by atoms with van der Waals surface area (Å²) in [5, 5.41) is 5.58. The number of ether oxygens (including phenoxy) is 1. The first-order chi connectivity index (χ1) is 13.0. The van der Waals surface area contributed by atoms with E-state index >= 15 is 0 Å². The summed E-state index contributed by atoms with van der Waals surface area (Å²) in [6, 6.07) is 8.40. The number of carbonyl (C=O) groups excluding carboxylic acids is 3. The van der Waals surface area contributed by atoms with Gasteiger partial charge in [0.2, 0.25) is 5.91 Å². The summed E-state index contributed by atoms with van der Waals surface area (Å²) in [5.74, 6) is -0.419. The zero-order chi connectivity index (χ0) is 19.4. The van der Waals surface area contributed by atoms with Gasteiger partial charge in [-0.1, -0.05) is 30.3 Å². The third-order valence-electron chi connectivity index (χ3n) is 4.89. The number of hydrogen-bond donors (Lipinski definition) is 2. The highest BCUT2D eigenvalue weighted by Gasteiger charge is 2.34. The molecule has 0 bridgehead atoms. The van der Waals surface area contributed by atoms with Crippen molar-refractivity contribution in [2.75, 3.05) is 39.8 Å². The Morgan fingerprint density at radius 1 is 1.15 bits per heavy atom. The molecule has 144 valence electrons. The molecule has 2 aliphatic rings. The highest BCUT2D eigenvalue weighted by atomic mass is 16.5. The Balaban J connectivity index is 1.86. The van der Waals surface area contributed by atoms with E-state index in [9.17, 15) is 14.4 Å². The van der Waals surface area contributed by atoms with Crippen LogP contribution in [0.15, 0.2) is 41.6 Å². The number of nitrogens with one attached hydrogen (secondary N) is 2. The highest BCUT2D eigenvalue weighted by molar-refractivity contribution is 5.95. The molecule has 1 aromatic rings. The molecular formula is C19H24N4O4. The van der Waals surface area contributed by atoms with Crippen molar-refractivity contribution in [3.05, 3.63) is 47.2 Å². The van der Waals surface area contributed by atoms with Crippen LogP contribution < -0.4 is 10.6 Å². The number of nitrogens with zero attached hydrogens (tertiary/aromatic N) is 2. The number of carbonyl (C=O) groups is 3. The predicted octanol–water partition coefficient (Wildman–Crippen LogP) is 0.632. The van der Waals surface area contributed by atoms with Crippen LogP contribution in [0.3, 0.4) is 0 Å². The maximum absolute atomic E-state index is 12.5. The molecule has 0 spiro atoms. The molecule has 1 aromatic carbocycles. The van der Waals surface area contributed by atoms with Crippen LogP contribution in [0.25, 0.3) is 0 Å². The summed E-state index contributed by atoms with van der Waals surface area (Å²) < 4.78 is 4.99. The molecule has 2 N–H and O–H groups in total. The normalized spacial score (nSPS) is 20.7. The Morgan fingerprint density at radius 3 is 2.41 bits per heavy atom. The number of piperazine rings is 1. The number of hydrogen-bond acceptors (Lipinski definition) is 5. The van der Waals surface area contributed by atoms with E-state index in [0.29, 0.717) is 44.0 Å². The van der Waals surface area contributed by atoms with Crippen LogP contribution in [-0.2, 0) is 14.3 Å². The first-order valence-electron chi connectivity index (χ1n) is 8.91. The lowest BCUT2D eigenvalue weighted by Gasteiger charge is -2.36. The molecule has 0 aliphatic carbocycles. The van der Waals surface area contributed by atoms with E-state index in [1.807, 2.05) is 30.3 Å². The van der Waals surface area contributed by atoms with Crippen molar-refractivity contribution in [2.45, 2.75) is 13.0 Å². The van der Waals surface area contributed by atoms with E-state index in [-0.39, 0.29) is 11.9 Å². The van der Waals surface area contributed by atoms with E-state index in [2.05, 4.69) is 15.5 Å². The fourth-order valence-electron chi connectivity index (χ4n) is 3.43. The van der Waals surface area contributed by atoms with Crippen LogP contribution in [0, 0.1) is 0 Å². The number of methoxy groups -OCH3 is 1. The fourth-order valence-corrected chi connectivity index (χ4v) is 3.43. The van der Waals surface area contributed by atoms with Crippen molar-refractivity contribution in [3.63, 3.8) is 0 Å². The van der Waals surface area contributed by atoms with Crippen LogP contribution in [0.5, 0.6) is 0 Å². The summed E-state index contributed by atoms with van der Waals surface area (Å²) in [7, 11) is 1.33. The zero-order valence-corrected chi connectivity index (χ0v) is 15.5. The van der Waals surface area contributed by atoms with Crippen molar-refractivity contribution in [1.29, 1.82) is 0 Å². The van der Waals surface area contributed by atoms with Crippen LogP contribution in [0.2, 0.25) is 0 Å². The summed E-state index contributed by atoms with van der Waals surface area (Å²) in [4.78, 5) is 40.1. The quantitative estimate of drug-likeness (QED) is 0.757. The average Bonchev–Trinajstić information content (AvgIpc) is 2.68. The lowest BCUT2D eigenvalue weighted by Crippen LogP contribution is -2.52. The van der Waals surface area contributed by atoms with Crippen molar-refractivity contribution in [1.82, 2.24) is 20.4 Å². The second kappa shape index (κ2) is 8.22. The van der Waals surface area contributed by atoms with Gasteiger partial charge in [0.15, 0.2) is 0 Å². The lowest BCUT2D eigenvalue weighted by molar-refractivity contribution is -0.136. The van der Waals surface area contributed by atoms with Gasteiger partial charge in [-0.05, 0) is 5.56 Å². The molecule has 0 aromatic heterocycles. The standard InChI is InChI=1S/C19H24N4O4/c1-13(24)23-10-8-22(9-11-23)12-15-16(18(25)27-2)17(21-19(26)20-15)14-6-4-3-5-7-14/h3-7,17H,8-12H2,1-2H3,(H2,20,21,26). The van der Waals surface area contributed by atoms with Crippen molar-refractivity contribution in [3.8, 4) is 0 Å². The Labute approximate surface area is 158 Å². The molecule has 0 radical (unpaired) electrons. The van der Waals surface area contributed by atoms with Gasteiger partial charge in [-0.3, -0.25) is 9.69 Å². The van der Waals surface area contributed by atoms with Gasteiger partial charge in [-0.25, -0.2) is 9.59 Å². The van der Waals surface area contributed by atoms with Crippen LogP contribution in [0.4, 0.5) is 4.79 Å². The minimum atomic E-state index is -0.569. The number of benzene rings is 1. The SMILES string of the molecule is COC(=O)C1=C(CN2CCN(C(C)=O)CC2)NC(=O)NC1c1ccccc1. The molecule has 1 fully saturated rings. The molecule has 2 heterocycles. The summed E-state index contributed by atoms with van der Waals surface area (Å²) in [5.41, 5.74) is 1.75. The fraction of sp³-hybridized carbons (Fsp3) is 0.421. The minimum Gasteiger partial charge on any atom is -0.466 e. The smallest absolute Gasteiger partial charge is 0.338 e. The molecule has 1 unspecified atom stereocenters. The first kappa shape index (κ1) is 18.9. The van der Waals surface area contributed by atoms with Crippen molar-refractivity contribution >= 4 is 17.9 Å². The van der Waals surface area contributed by atoms with E-state index < -0.39 is 12.0 Å². The largest absolute Gasteiger partial charge is 0.466 e. The number of amides is 3. The summed E-state index contributed by atoms with van der Waals surface area (Å²) in [6.45, 7) is 4.58. The topological polar surface area (TPSA) is 91.0 Å². The van der Waals surface area contributed by atoms with Crippen LogP contribution in [-0.4, -0.2) is 67.5 Å². The predicted molar refractivity (Wildman–Crippen MR) is 98.6 cm³/mol. The Bertz CT molecular complexity index is 754. The van der Waals surface area contributed by atoms with Gasteiger partial charge in [0.25, 0.3) is 0 Å². The van der Waals surface area contributed by atoms with E-state index in [0.717, 1.165) is 5.56 Å². The second-order valence-corrected chi connectivity index (χ2v) is 6.61. The van der Waals surface area contributed by atoms with Crippen molar-refractivity contribution in [2.24, 2.45) is 0 Å². The third-order valence-corrected chi connectivity index (χ3v) is 4.89. The van der Waals surface area contributed by atoms with Gasteiger partial charge in [0, 0.05) is 45.3 Å². The minimum absolute atomic E-state index is 0.0587. The molecule has 3 rings (SSSR count). The zero-order valence-electron chi connectivity index (χ0n) is 15.5. The average molecular weight is 372 g/mol. The molecule has 8 heteroatoms. The van der Waals surface area contributed by atoms with E-state index in [1.165, 1.54) is 7.11 Å². The molecule has 1 atom stereocenters. The number of rotatable bonds is 4. The van der Waals surface area contributed by atoms with E-state index in [1.54, 1.807) is 11.8 Å². The maximum Gasteiger partial charge on any atom is 0.338 e. The number of esters is 1. The third kappa shape index (κ3) is 4.28. The molecule has 8 nitrogen and oxygen atoms in total. The first-order valence-corrected chi connectivity index (χ1v) is 8.91.